The maximum atomic E-state index is 9.44. The highest BCUT2D eigenvalue weighted by molar-refractivity contribution is 5.15. The molecule has 0 saturated carbocycles. The Balaban J connectivity index is 1.75. The molecule has 35 heavy (non-hydrogen) atoms. The van der Waals surface area contributed by atoms with Gasteiger partial charge in [0.2, 0.25) is 0 Å². The molecule has 0 spiro atoms. The highest BCUT2D eigenvalue weighted by Crippen LogP contribution is 2.33. The lowest BCUT2D eigenvalue weighted by molar-refractivity contribution is -0.806. The fourth-order valence-electron chi connectivity index (χ4n) is 3.38. The van der Waals surface area contributed by atoms with Crippen LogP contribution in [-0.4, -0.2) is 123 Å². The quantitative estimate of drug-likeness (QED) is 0.103. The van der Waals surface area contributed by atoms with Gasteiger partial charge in [0, 0.05) is 0 Å². The zero-order valence-corrected chi connectivity index (χ0v) is 18.5. The molecule has 0 radical (unpaired) electrons. The Morgan fingerprint density at radius 1 is 0.743 bits per heavy atom. The molecule has 188 valence electrons. The standard InChI is InChI=1S/C15H24N16O4/c32-5-1-28-15(19-23-27-28)11(14-18-26-31(22-14)4-8-35)9-10(12-16-24-29(20-12)2-6-33)13-17-25-30(21-13)3-7-34/h10-11,32-35H,1-9H2/p+1. The van der Waals surface area contributed by atoms with Crippen molar-refractivity contribution >= 4 is 0 Å². The van der Waals surface area contributed by atoms with E-state index < -0.39 is 11.8 Å². The van der Waals surface area contributed by atoms with E-state index in [1.165, 1.54) is 19.1 Å². The van der Waals surface area contributed by atoms with Gasteiger partial charge in [-0.1, -0.05) is 4.80 Å². The van der Waals surface area contributed by atoms with Gasteiger partial charge in [0.15, 0.2) is 24.0 Å². The van der Waals surface area contributed by atoms with Crippen LogP contribution in [0, 0.1) is 0 Å². The lowest BCUT2D eigenvalue weighted by Gasteiger charge is -2.15. The summed E-state index contributed by atoms with van der Waals surface area (Å²) in [5, 5.41) is 85.1. The predicted octanol–water partition coefficient (Wildman–Crippen LogP) is -5.62. The number of aromatic nitrogens is 16. The molecule has 0 aliphatic rings. The van der Waals surface area contributed by atoms with Crippen LogP contribution in [0.4, 0.5) is 0 Å². The van der Waals surface area contributed by atoms with Crippen molar-refractivity contribution in [3.8, 4) is 0 Å². The average Bonchev–Trinajstić information content (AvgIpc) is 3.65. The predicted molar refractivity (Wildman–Crippen MR) is 107 cm³/mol. The van der Waals surface area contributed by atoms with Crippen molar-refractivity contribution in [1.29, 1.82) is 0 Å². The normalized spacial score (nSPS) is 13.4. The van der Waals surface area contributed by atoms with Crippen molar-refractivity contribution in [2.45, 2.75) is 44.4 Å². The second kappa shape index (κ2) is 11.5. The summed E-state index contributed by atoms with van der Waals surface area (Å²) in [6, 6.07) is 0. The number of rotatable bonds is 14. The Morgan fingerprint density at radius 2 is 1.40 bits per heavy atom. The summed E-state index contributed by atoms with van der Waals surface area (Å²) in [5.74, 6) is -0.136. The molecule has 0 aliphatic heterocycles. The third kappa shape index (κ3) is 5.62. The van der Waals surface area contributed by atoms with Crippen LogP contribution >= 0.6 is 0 Å². The van der Waals surface area contributed by atoms with E-state index in [-0.39, 0.29) is 70.7 Å². The number of nitrogens with one attached hydrogen (secondary N) is 1. The first-order valence-electron chi connectivity index (χ1n) is 10.7. The number of aromatic amines is 1. The van der Waals surface area contributed by atoms with Crippen LogP contribution in [0.2, 0.25) is 0 Å². The molecular formula is C15H25N16O4+. The van der Waals surface area contributed by atoms with E-state index in [9.17, 15) is 20.4 Å². The Kier molecular flexibility index (Phi) is 7.97. The Labute approximate surface area is 196 Å². The first kappa shape index (κ1) is 24.3. The number of aliphatic hydroxyl groups is 4. The number of nitrogens with zero attached hydrogens (tertiary/aromatic N) is 15. The van der Waals surface area contributed by atoms with Crippen molar-refractivity contribution in [3.63, 3.8) is 0 Å². The summed E-state index contributed by atoms with van der Waals surface area (Å²) in [5.41, 5.74) is 0. The number of hydrogen-bond acceptors (Lipinski definition) is 15. The fraction of sp³-hybridized carbons (Fsp3) is 0.733. The minimum absolute atomic E-state index is 0.135. The molecular weight excluding hydrogens is 468 g/mol. The van der Waals surface area contributed by atoms with E-state index in [0.29, 0.717) is 11.6 Å². The smallest absolute Gasteiger partial charge is 0.319 e. The molecule has 4 rings (SSSR count). The van der Waals surface area contributed by atoms with E-state index >= 15 is 0 Å². The molecule has 20 nitrogen and oxygen atoms in total. The number of H-pyrrole nitrogens is 1. The third-order valence-corrected chi connectivity index (χ3v) is 4.94. The first-order valence-corrected chi connectivity index (χ1v) is 10.7. The lowest BCUT2D eigenvalue weighted by atomic mass is 9.92. The Hall–Kier alpha value is -3.88. The molecule has 4 heterocycles. The molecule has 0 amide bonds. The summed E-state index contributed by atoms with van der Waals surface area (Å²) in [7, 11) is 0. The zero-order chi connectivity index (χ0) is 24.6. The zero-order valence-electron chi connectivity index (χ0n) is 18.5. The molecule has 0 aliphatic carbocycles. The molecule has 20 heteroatoms. The van der Waals surface area contributed by atoms with Gasteiger partial charge < -0.3 is 20.4 Å². The van der Waals surface area contributed by atoms with Gasteiger partial charge >= 0.3 is 5.82 Å². The van der Waals surface area contributed by atoms with Crippen LogP contribution in [0.3, 0.4) is 0 Å². The molecule has 0 aromatic carbocycles. The van der Waals surface area contributed by atoms with Crippen LogP contribution in [-0.2, 0) is 26.2 Å². The minimum Gasteiger partial charge on any atom is -0.394 e. The highest BCUT2D eigenvalue weighted by Gasteiger charge is 2.37. The van der Waals surface area contributed by atoms with E-state index in [1.54, 1.807) is 0 Å². The monoisotopic (exact) mass is 493 g/mol. The molecule has 0 saturated heterocycles. The van der Waals surface area contributed by atoms with E-state index in [0.717, 1.165) is 0 Å². The lowest BCUT2D eigenvalue weighted by Crippen LogP contribution is -2.41. The van der Waals surface area contributed by atoms with Crippen LogP contribution < -0.4 is 4.80 Å². The number of tetrazole rings is 4. The van der Waals surface area contributed by atoms with Crippen LogP contribution in [0.1, 0.15) is 41.6 Å². The Bertz CT molecular complexity index is 1140. The topological polar surface area (TPSA) is 257 Å². The number of hydrogen-bond donors (Lipinski definition) is 5. The van der Waals surface area contributed by atoms with Gasteiger partial charge in [-0.3, -0.25) is 0 Å². The molecule has 0 bridgehead atoms. The second-order valence-corrected chi connectivity index (χ2v) is 7.28. The van der Waals surface area contributed by atoms with E-state index in [2.05, 4.69) is 61.8 Å². The van der Waals surface area contributed by atoms with Crippen molar-refractivity contribution in [2.75, 3.05) is 26.4 Å². The van der Waals surface area contributed by atoms with Gasteiger partial charge in [-0.2, -0.15) is 9.59 Å². The van der Waals surface area contributed by atoms with E-state index in [4.69, 9.17) is 0 Å². The molecule has 2 atom stereocenters. The van der Waals surface area contributed by atoms with E-state index in [1.807, 2.05) is 0 Å². The van der Waals surface area contributed by atoms with Crippen LogP contribution in [0.5, 0.6) is 0 Å². The summed E-state index contributed by atoms with van der Waals surface area (Å²) in [6.07, 6.45) is 0.179. The maximum absolute atomic E-state index is 9.44. The largest absolute Gasteiger partial charge is 0.394 e. The highest BCUT2D eigenvalue weighted by atomic mass is 16.3. The van der Waals surface area contributed by atoms with Gasteiger partial charge in [0.25, 0.3) is 0 Å². The maximum Gasteiger partial charge on any atom is 0.319 e. The first-order chi connectivity index (χ1) is 17.2. The van der Waals surface area contributed by atoms with Gasteiger partial charge in [0.1, 0.15) is 5.92 Å². The van der Waals surface area contributed by atoms with Crippen molar-refractivity contribution < 1.29 is 25.2 Å². The number of aliphatic hydroxyl groups excluding tert-OH is 4. The third-order valence-electron chi connectivity index (χ3n) is 4.94. The Morgan fingerprint density at radius 3 is 2.03 bits per heavy atom. The molecule has 4 aromatic rings. The second-order valence-electron chi connectivity index (χ2n) is 7.28. The minimum atomic E-state index is -0.663. The van der Waals surface area contributed by atoms with Gasteiger partial charge in [-0.15, -0.1) is 25.5 Å². The summed E-state index contributed by atoms with van der Waals surface area (Å²) < 4.78 is 1.43. The summed E-state index contributed by atoms with van der Waals surface area (Å²) in [6.45, 7) is -0.0736. The molecule has 0 fully saturated rings. The molecule has 4 aromatic heterocycles. The van der Waals surface area contributed by atoms with Crippen molar-refractivity contribution in [3.05, 3.63) is 23.3 Å². The van der Waals surface area contributed by atoms with Gasteiger partial charge in [-0.05, 0) is 37.6 Å². The van der Waals surface area contributed by atoms with Gasteiger partial charge in [0.05, 0.1) is 57.1 Å². The SMILES string of the molecule is OCCn1nnc(C(CC(c2nnn(CCO)n2)c2nnnn2CCO)c2n[nH][n+](CCO)n2)n1. The van der Waals surface area contributed by atoms with Gasteiger partial charge in [-0.25, -0.2) is 4.68 Å². The summed E-state index contributed by atoms with van der Waals surface area (Å²) >= 11 is 0. The van der Waals surface area contributed by atoms with Crippen molar-refractivity contribution in [1.82, 2.24) is 76.0 Å². The van der Waals surface area contributed by atoms with Crippen molar-refractivity contribution in [2.24, 2.45) is 0 Å². The van der Waals surface area contributed by atoms with Crippen LogP contribution in [0.25, 0.3) is 0 Å². The average molecular weight is 493 g/mol. The summed E-state index contributed by atoms with van der Waals surface area (Å²) in [4.78, 5) is 3.85. The van der Waals surface area contributed by atoms with Crippen LogP contribution in [0.15, 0.2) is 0 Å². The molecule has 2 unspecified atom stereocenters. The fourth-order valence-corrected chi connectivity index (χ4v) is 3.38. The molecule has 5 N–H and O–H groups in total.